The third kappa shape index (κ3) is 3.79. The number of rotatable bonds is 5. The molecular weight excluding hydrogens is 408 g/mol. The number of fused-ring (bicyclic) bond motifs is 1. The number of carbonyl (C=O) groups is 1. The van der Waals surface area contributed by atoms with Gasteiger partial charge in [-0.2, -0.15) is 0 Å². The monoisotopic (exact) mass is 432 g/mol. The molecule has 1 amide bonds. The lowest BCUT2D eigenvalue weighted by Gasteiger charge is -2.31. The number of piperidine rings is 1. The molecule has 0 radical (unpaired) electrons. The molecule has 8 heteroatoms. The fourth-order valence-electron chi connectivity index (χ4n) is 4.23. The van der Waals surface area contributed by atoms with E-state index >= 15 is 0 Å². The highest BCUT2D eigenvalue weighted by atomic mass is 32.1. The van der Waals surface area contributed by atoms with E-state index in [0.717, 1.165) is 48.0 Å². The SMILES string of the molecule is CCc1ccccc1Nc1nc([C@H]2CCCN(C(=O)c3cnccn3)C2)c2sccn12. The Kier molecular flexibility index (Phi) is 5.38. The fourth-order valence-corrected chi connectivity index (χ4v) is 5.13. The Morgan fingerprint density at radius 1 is 1.29 bits per heavy atom. The molecule has 1 saturated heterocycles. The van der Waals surface area contributed by atoms with Crippen LogP contribution in [0.5, 0.6) is 0 Å². The van der Waals surface area contributed by atoms with Crippen molar-refractivity contribution in [2.45, 2.75) is 32.1 Å². The third-order valence-corrected chi connectivity index (χ3v) is 6.69. The number of aromatic nitrogens is 4. The molecule has 3 aromatic heterocycles. The van der Waals surface area contributed by atoms with E-state index in [9.17, 15) is 4.79 Å². The Hall–Kier alpha value is -3.26. The van der Waals surface area contributed by atoms with E-state index in [0.29, 0.717) is 12.2 Å². The molecule has 0 saturated carbocycles. The molecular formula is C23H24N6OS. The first kappa shape index (κ1) is 19.7. The molecule has 1 aliphatic rings. The third-order valence-electron chi connectivity index (χ3n) is 5.80. The van der Waals surface area contributed by atoms with Gasteiger partial charge >= 0.3 is 0 Å². The van der Waals surface area contributed by atoms with Gasteiger partial charge in [0.15, 0.2) is 0 Å². The number of thiazole rings is 1. The minimum Gasteiger partial charge on any atom is -0.337 e. The summed E-state index contributed by atoms with van der Waals surface area (Å²) in [6, 6.07) is 8.33. The molecule has 1 N–H and O–H groups in total. The van der Waals surface area contributed by atoms with E-state index < -0.39 is 0 Å². The van der Waals surface area contributed by atoms with Gasteiger partial charge in [0.05, 0.1) is 11.9 Å². The molecule has 1 aliphatic heterocycles. The number of para-hydroxylation sites is 1. The summed E-state index contributed by atoms with van der Waals surface area (Å²) in [6.45, 7) is 3.54. The van der Waals surface area contributed by atoms with E-state index in [4.69, 9.17) is 4.98 Å². The van der Waals surface area contributed by atoms with Crippen LogP contribution in [-0.4, -0.2) is 43.2 Å². The summed E-state index contributed by atoms with van der Waals surface area (Å²) in [6.07, 6.45) is 9.65. The summed E-state index contributed by atoms with van der Waals surface area (Å²) in [5, 5.41) is 5.62. The zero-order chi connectivity index (χ0) is 21.2. The number of likely N-dealkylation sites (tertiary alicyclic amines) is 1. The second-order valence-corrected chi connectivity index (χ2v) is 8.61. The zero-order valence-corrected chi connectivity index (χ0v) is 18.2. The normalized spacial score (nSPS) is 16.5. The smallest absolute Gasteiger partial charge is 0.274 e. The Morgan fingerprint density at radius 2 is 2.19 bits per heavy atom. The molecule has 0 spiro atoms. The Bertz CT molecular complexity index is 1200. The summed E-state index contributed by atoms with van der Waals surface area (Å²) in [7, 11) is 0. The minimum atomic E-state index is -0.0605. The van der Waals surface area contributed by atoms with Gasteiger partial charge in [-0.1, -0.05) is 25.1 Å². The van der Waals surface area contributed by atoms with Gasteiger partial charge in [-0.15, -0.1) is 11.3 Å². The van der Waals surface area contributed by atoms with E-state index in [-0.39, 0.29) is 11.8 Å². The average Bonchev–Trinajstić information content (AvgIpc) is 3.43. The van der Waals surface area contributed by atoms with Crippen LogP contribution in [-0.2, 0) is 6.42 Å². The molecule has 0 bridgehead atoms. The highest BCUT2D eigenvalue weighted by molar-refractivity contribution is 7.15. The van der Waals surface area contributed by atoms with Gasteiger partial charge in [-0.3, -0.25) is 14.2 Å². The summed E-state index contributed by atoms with van der Waals surface area (Å²) in [5.41, 5.74) is 3.79. The van der Waals surface area contributed by atoms with Gasteiger partial charge in [0.2, 0.25) is 5.95 Å². The van der Waals surface area contributed by atoms with E-state index in [1.165, 1.54) is 11.8 Å². The van der Waals surface area contributed by atoms with Gasteiger partial charge < -0.3 is 10.2 Å². The lowest BCUT2D eigenvalue weighted by molar-refractivity contribution is 0.0700. The summed E-state index contributed by atoms with van der Waals surface area (Å²) in [4.78, 5) is 29.1. The number of benzene rings is 1. The molecule has 0 aliphatic carbocycles. The topological polar surface area (TPSA) is 75.4 Å². The molecule has 4 aromatic rings. The predicted octanol–water partition coefficient (Wildman–Crippen LogP) is 4.51. The maximum Gasteiger partial charge on any atom is 0.274 e. The van der Waals surface area contributed by atoms with Crippen LogP contribution in [0.4, 0.5) is 11.6 Å². The van der Waals surface area contributed by atoms with Crippen LogP contribution < -0.4 is 5.32 Å². The van der Waals surface area contributed by atoms with Crippen molar-refractivity contribution in [3.8, 4) is 0 Å². The van der Waals surface area contributed by atoms with Crippen molar-refractivity contribution in [2.75, 3.05) is 18.4 Å². The van der Waals surface area contributed by atoms with Crippen LogP contribution in [0.25, 0.3) is 4.83 Å². The van der Waals surface area contributed by atoms with Crippen molar-refractivity contribution in [3.05, 3.63) is 71.4 Å². The number of nitrogens with one attached hydrogen (secondary N) is 1. The summed E-state index contributed by atoms with van der Waals surface area (Å²) in [5.74, 6) is 0.958. The molecule has 5 rings (SSSR count). The average molecular weight is 433 g/mol. The van der Waals surface area contributed by atoms with Crippen molar-refractivity contribution in [1.29, 1.82) is 0 Å². The van der Waals surface area contributed by atoms with Gasteiger partial charge in [0.25, 0.3) is 5.91 Å². The zero-order valence-electron chi connectivity index (χ0n) is 17.4. The lowest BCUT2D eigenvalue weighted by atomic mass is 9.95. The standard InChI is InChI=1S/C23H24N6OS/c1-2-16-6-3-4-8-18(16)26-23-27-20(22-29(23)12-13-31-22)17-7-5-11-28(15-17)21(30)19-14-24-9-10-25-19/h3-4,6,8-10,12-14,17H,2,5,7,11,15H2,1H3,(H,26,27)/t17-/m0/s1. The number of amides is 1. The first-order valence-electron chi connectivity index (χ1n) is 10.6. The largest absolute Gasteiger partial charge is 0.337 e. The fraction of sp³-hybridized carbons (Fsp3) is 0.304. The lowest BCUT2D eigenvalue weighted by Crippen LogP contribution is -2.39. The number of imidazole rings is 1. The maximum absolute atomic E-state index is 12.9. The summed E-state index contributed by atoms with van der Waals surface area (Å²) >= 11 is 1.69. The second-order valence-electron chi connectivity index (χ2n) is 7.72. The number of anilines is 2. The van der Waals surface area contributed by atoms with Crippen LogP contribution in [0, 0.1) is 0 Å². The van der Waals surface area contributed by atoms with Crippen LogP contribution in [0.2, 0.25) is 0 Å². The van der Waals surface area contributed by atoms with Gasteiger partial charge in [-0.05, 0) is 30.9 Å². The van der Waals surface area contributed by atoms with Crippen molar-refractivity contribution in [1.82, 2.24) is 24.3 Å². The molecule has 7 nitrogen and oxygen atoms in total. The molecule has 1 aromatic carbocycles. The molecule has 1 fully saturated rings. The number of hydrogen-bond acceptors (Lipinski definition) is 6. The van der Waals surface area contributed by atoms with Crippen molar-refractivity contribution >= 4 is 33.7 Å². The van der Waals surface area contributed by atoms with Crippen LogP contribution in [0.3, 0.4) is 0 Å². The summed E-state index contributed by atoms with van der Waals surface area (Å²) < 4.78 is 2.12. The van der Waals surface area contributed by atoms with Crippen molar-refractivity contribution in [2.24, 2.45) is 0 Å². The van der Waals surface area contributed by atoms with E-state index in [1.54, 1.807) is 23.7 Å². The van der Waals surface area contributed by atoms with Gasteiger partial charge in [0.1, 0.15) is 10.5 Å². The van der Waals surface area contributed by atoms with Gasteiger partial charge in [-0.25, -0.2) is 9.97 Å². The first-order valence-corrected chi connectivity index (χ1v) is 11.5. The van der Waals surface area contributed by atoms with E-state index in [1.807, 2.05) is 11.0 Å². The van der Waals surface area contributed by atoms with E-state index in [2.05, 4.69) is 56.4 Å². The number of nitrogens with zero attached hydrogens (tertiary/aromatic N) is 5. The second kappa shape index (κ2) is 8.47. The predicted molar refractivity (Wildman–Crippen MR) is 122 cm³/mol. The Balaban J connectivity index is 1.43. The Morgan fingerprint density at radius 3 is 3.03 bits per heavy atom. The highest BCUT2D eigenvalue weighted by Crippen LogP contribution is 2.34. The molecule has 1 atom stereocenters. The first-order chi connectivity index (χ1) is 15.2. The van der Waals surface area contributed by atoms with Crippen molar-refractivity contribution < 1.29 is 4.79 Å². The van der Waals surface area contributed by atoms with Crippen molar-refractivity contribution in [3.63, 3.8) is 0 Å². The van der Waals surface area contributed by atoms with Crippen LogP contribution in [0.15, 0.2) is 54.4 Å². The number of aryl methyl sites for hydroxylation is 1. The molecule has 158 valence electrons. The maximum atomic E-state index is 12.9. The van der Waals surface area contributed by atoms with Crippen LogP contribution in [0.1, 0.15) is 47.4 Å². The molecule has 0 unspecified atom stereocenters. The van der Waals surface area contributed by atoms with Gasteiger partial charge in [0, 0.05) is 48.7 Å². The number of carbonyl (C=O) groups excluding carboxylic acids is 1. The minimum absolute atomic E-state index is 0.0605. The number of hydrogen-bond donors (Lipinski definition) is 1. The van der Waals surface area contributed by atoms with Crippen LogP contribution >= 0.6 is 11.3 Å². The Labute approximate surface area is 184 Å². The molecule has 4 heterocycles. The highest BCUT2D eigenvalue weighted by Gasteiger charge is 2.30. The quantitative estimate of drug-likeness (QED) is 0.502. The molecule has 31 heavy (non-hydrogen) atoms.